The quantitative estimate of drug-likeness (QED) is 0.645. The average molecular weight is 316 g/mol. The lowest BCUT2D eigenvalue weighted by molar-refractivity contribution is 0.210. The van der Waals surface area contributed by atoms with Gasteiger partial charge in [0.05, 0.1) is 26.4 Å². The maximum Gasteiger partial charge on any atom is 0.161 e. The van der Waals surface area contributed by atoms with Gasteiger partial charge in [0, 0.05) is 6.42 Å². The van der Waals surface area contributed by atoms with Gasteiger partial charge >= 0.3 is 0 Å². The Hall–Kier alpha value is -2.36. The first-order valence-electron chi connectivity index (χ1n) is 7.84. The summed E-state index contributed by atoms with van der Waals surface area (Å²) in [6.07, 6.45) is 0.917. The number of benzene rings is 2. The van der Waals surface area contributed by atoms with Crippen molar-refractivity contribution in [3.63, 3.8) is 0 Å². The minimum absolute atomic E-state index is 0.123. The first-order valence-corrected chi connectivity index (χ1v) is 7.84. The van der Waals surface area contributed by atoms with Crippen LogP contribution in [0, 0.1) is 0 Å². The van der Waals surface area contributed by atoms with E-state index < -0.39 is 0 Å². The lowest BCUT2D eigenvalue weighted by Gasteiger charge is -2.15. The fraction of sp³-hybridized carbons (Fsp3) is 0.368. The molecule has 23 heavy (non-hydrogen) atoms. The van der Waals surface area contributed by atoms with E-state index in [1.807, 2.05) is 62.4 Å². The molecule has 4 heteroatoms. The van der Waals surface area contributed by atoms with Gasteiger partial charge in [0.1, 0.15) is 11.5 Å². The van der Waals surface area contributed by atoms with E-state index in [0.29, 0.717) is 13.2 Å². The summed E-state index contributed by atoms with van der Waals surface area (Å²) in [5.41, 5.74) is 0. The van der Waals surface area contributed by atoms with Crippen LogP contribution in [0.25, 0.3) is 0 Å². The molecule has 0 aliphatic rings. The van der Waals surface area contributed by atoms with Gasteiger partial charge in [0.25, 0.3) is 0 Å². The summed E-state index contributed by atoms with van der Waals surface area (Å²) >= 11 is 0. The minimum Gasteiger partial charge on any atom is -0.497 e. The van der Waals surface area contributed by atoms with Crippen LogP contribution in [-0.2, 0) is 0 Å². The van der Waals surface area contributed by atoms with Gasteiger partial charge in [-0.3, -0.25) is 0 Å². The van der Waals surface area contributed by atoms with E-state index in [0.717, 1.165) is 29.4 Å². The molecular formula is C19H24O4. The molecule has 0 bridgehead atoms. The zero-order valence-electron chi connectivity index (χ0n) is 14.0. The molecule has 0 aromatic heterocycles. The molecular weight excluding hydrogens is 292 g/mol. The Balaban J connectivity index is 1.73. The van der Waals surface area contributed by atoms with Gasteiger partial charge in [0.15, 0.2) is 11.5 Å². The summed E-state index contributed by atoms with van der Waals surface area (Å²) in [6.45, 7) is 5.17. The number of hydrogen-bond acceptors (Lipinski definition) is 4. The van der Waals surface area contributed by atoms with E-state index in [-0.39, 0.29) is 6.10 Å². The van der Waals surface area contributed by atoms with Crippen molar-refractivity contribution in [3.05, 3.63) is 48.5 Å². The Labute approximate surface area is 137 Å². The summed E-state index contributed by atoms with van der Waals surface area (Å²) in [5, 5.41) is 0. The van der Waals surface area contributed by atoms with Crippen LogP contribution in [0.2, 0.25) is 0 Å². The van der Waals surface area contributed by atoms with Crippen molar-refractivity contribution in [2.24, 2.45) is 0 Å². The second kappa shape index (κ2) is 8.93. The molecule has 4 nitrogen and oxygen atoms in total. The Bertz CT molecular complexity index is 578. The molecule has 0 aliphatic heterocycles. The number of para-hydroxylation sites is 2. The van der Waals surface area contributed by atoms with E-state index >= 15 is 0 Å². The molecule has 124 valence electrons. The highest BCUT2D eigenvalue weighted by Crippen LogP contribution is 2.27. The largest absolute Gasteiger partial charge is 0.497 e. The zero-order valence-corrected chi connectivity index (χ0v) is 14.0. The maximum absolute atomic E-state index is 5.79. The fourth-order valence-corrected chi connectivity index (χ4v) is 2.02. The Morgan fingerprint density at radius 2 is 1.39 bits per heavy atom. The predicted octanol–water partition coefficient (Wildman–Crippen LogP) is 4.33. The Kier molecular flexibility index (Phi) is 6.60. The molecule has 0 N–H and O–H groups in total. The zero-order chi connectivity index (χ0) is 16.5. The third-order valence-corrected chi connectivity index (χ3v) is 3.09. The lowest BCUT2D eigenvalue weighted by atomic mass is 10.3. The van der Waals surface area contributed by atoms with E-state index in [9.17, 15) is 0 Å². The molecule has 0 saturated heterocycles. The summed E-state index contributed by atoms with van der Waals surface area (Å²) in [4.78, 5) is 0. The molecule has 2 aromatic carbocycles. The normalized spacial score (nSPS) is 10.4. The van der Waals surface area contributed by atoms with Gasteiger partial charge in [-0.25, -0.2) is 0 Å². The SMILES string of the molecule is COc1ccc(OCCCOc2ccccc2OC(C)C)cc1. The lowest BCUT2D eigenvalue weighted by Crippen LogP contribution is -2.09. The van der Waals surface area contributed by atoms with Gasteiger partial charge in [0.2, 0.25) is 0 Å². The van der Waals surface area contributed by atoms with Gasteiger partial charge in [-0.1, -0.05) is 12.1 Å². The summed E-state index contributed by atoms with van der Waals surface area (Å²) < 4.78 is 22.3. The third kappa shape index (κ3) is 5.74. The van der Waals surface area contributed by atoms with Crippen molar-refractivity contribution in [2.75, 3.05) is 20.3 Å². The monoisotopic (exact) mass is 316 g/mol. The van der Waals surface area contributed by atoms with Crippen LogP contribution >= 0.6 is 0 Å². The number of methoxy groups -OCH3 is 1. The van der Waals surface area contributed by atoms with E-state index in [1.165, 1.54) is 0 Å². The number of rotatable bonds is 9. The fourth-order valence-electron chi connectivity index (χ4n) is 2.02. The molecule has 0 heterocycles. The minimum atomic E-state index is 0.123. The maximum atomic E-state index is 5.79. The van der Waals surface area contributed by atoms with E-state index in [2.05, 4.69) is 0 Å². The van der Waals surface area contributed by atoms with Crippen molar-refractivity contribution in [1.82, 2.24) is 0 Å². The standard InChI is InChI=1S/C19H24O4/c1-15(2)23-19-8-5-4-7-18(19)22-14-6-13-21-17-11-9-16(20-3)10-12-17/h4-5,7-12,15H,6,13-14H2,1-3H3. The topological polar surface area (TPSA) is 36.9 Å². The molecule has 0 amide bonds. The molecule has 0 atom stereocenters. The smallest absolute Gasteiger partial charge is 0.161 e. The van der Waals surface area contributed by atoms with Crippen molar-refractivity contribution >= 4 is 0 Å². The first-order chi connectivity index (χ1) is 11.2. The second-order valence-corrected chi connectivity index (χ2v) is 5.34. The van der Waals surface area contributed by atoms with E-state index in [4.69, 9.17) is 18.9 Å². The molecule has 0 fully saturated rings. The van der Waals surface area contributed by atoms with E-state index in [1.54, 1.807) is 7.11 Å². The molecule has 2 rings (SSSR count). The average Bonchev–Trinajstić information content (AvgIpc) is 2.56. The van der Waals surface area contributed by atoms with Crippen LogP contribution in [0.5, 0.6) is 23.0 Å². The van der Waals surface area contributed by atoms with Crippen molar-refractivity contribution < 1.29 is 18.9 Å². The summed E-state index contributed by atoms with van der Waals surface area (Å²) in [7, 11) is 1.65. The van der Waals surface area contributed by atoms with Crippen LogP contribution in [-0.4, -0.2) is 26.4 Å². The van der Waals surface area contributed by atoms with Crippen LogP contribution in [0.1, 0.15) is 20.3 Å². The van der Waals surface area contributed by atoms with Crippen LogP contribution in [0.15, 0.2) is 48.5 Å². The van der Waals surface area contributed by atoms with Crippen molar-refractivity contribution in [2.45, 2.75) is 26.4 Å². The molecule has 0 unspecified atom stereocenters. The predicted molar refractivity (Wildman–Crippen MR) is 90.8 cm³/mol. The van der Waals surface area contributed by atoms with Gasteiger partial charge < -0.3 is 18.9 Å². The molecule has 2 aromatic rings. The van der Waals surface area contributed by atoms with Crippen molar-refractivity contribution in [3.8, 4) is 23.0 Å². The third-order valence-electron chi connectivity index (χ3n) is 3.09. The molecule has 0 aliphatic carbocycles. The highest BCUT2D eigenvalue weighted by Gasteiger charge is 2.05. The van der Waals surface area contributed by atoms with Gasteiger partial charge in [-0.15, -0.1) is 0 Å². The first kappa shape index (κ1) is 17.0. The molecule has 0 radical (unpaired) electrons. The van der Waals surface area contributed by atoms with Crippen LogP contribution < -0.4 is 18.9 Å². The Morgan fingerprint density at radius 3 is 2.04 bits per heavy atom. The second-order valence-electron chi connectivity index (χ2n) is 5.34. The van der Waals surface area contributed by atoms with Gasteiger partial charge in [-0.2, -0.15) is 0 Å². The summed E-state index contributed by atoms with van der Waals surface area (Å²) in [6, 6.07) is 15.3. The molecule has 0 saturated carbocycles. The van der Waals surface area contributed by atoms with Crippen molar-refractivity contribution in [1.29, 1.82) is 0 Å². The summed E-state index contributed by atoms with van der Waals surface area (Å²) in [5.74, 6) is 3.20. The van der Waals surface area contributed by atoms with Crippen LogP contribution in [0.3, 0.4) is 0 Å². The number of ether oxygens (including phenoxy) is 4. The highest BCUT2D eigenvalue weighted by atomic mass is 16.5. The highest BCUT2D eigenvalue weighted by molar-refractivity contribution is 5.39. The number of hydrogen-bond donors (Lipinski definition) is 0. The Morgan fingerprint density at radius 1 is 0.783 bits per heavy atom. The van der Waals surface area contributed by atoms with Gasteiger partial charge in [-0.05, 0) is 50.2 Å². The van der Waals surface area contributed by atoms with Crippen LogP contribution in [0.4, 0.5) is 0 Å². The molecule has 0 spiro atoms.